The number of hydrogen-bond acceptors (Lipinski definition) is 3. The lowest BCUT2D eigenvalue weighted by Crippen LogP contribution is -2.42. The van der Waals surface area contributed by atoms with Gasteiger partial charge in [-0.1, -0.05) is 26.7 Å². The van der Waals surface area contributed by atoms with E-state index in [4.69, 9.17) is 4.74 Å². The maximum Gasteiger partial charge on any atom is 0.269 e. The zero-order chi connectivity index (χ0) is 16.7. The lowest BCUT2D eigenvalue weighted by molar-refractivity contribution is -0.122. The van der Waals surface area contributed by atoms with Crippen LogP contribution in [0.3, 0.4) is 0 Å². The van der Waals surface area contributed by atoms with Crippen LogP contribution in [0.4, 0.5) is 0 Å². The number of rotatable bonds is 6. The molecular formula is C18H26N2O3. The molecule has 2 amide bonds. The summed E-state index contributed by atoms with van der Waals surface area (Å²) in [5, 5.41) is 0. The Kier molecular flexibility index (Phi) is 6.44. The molecule has 5 heteroatoms. The molecule has 0 radical (unpaired) electrons. The molecule has 2 rings (SSSR count). The summed E-state index contributed by atoms with van der Waals surface area (Å²) in [7, 11) is 0. The van der Waals surface area contributed by atoms with Gasteiger partial charge < -0.3 is 4.74 Å². The topological polar surface area (TPSA) is 67.4 Å². The van der Waals surface area contributed by atoms with Crippen molar-refractivity contribution >= 4 is 11.8 Å². The van der Waals surface area contributed by atoms with Gasteiger partial charge in [-0.2, -0.15) is 0 Å². The predicted octanol–water partition coefficient (Wildman–Crippen LogP) is 3.06. The average molecular weight is 318 g/mol. The number of hydrogen-bond donors (Lipinski definition) is 2. The number of carbonyl (C=O) groups is 2. The molecule has 1 fully saturated rings. The van der Waals surface area contributed by atoms with Gasteiger partial charge in [0.05, 0.1) is 6.61 Å². The van der Waals surface area contributed by atoms with E-state index in [-0.39, 0.29) is 11.8 Å². The average Bonchev–Trinajstić information content (AvgIpc) is 3.04. The van der Waals surface area contributed by atoms with Gasteiger partial charge in [0, 0.05) is 12.0 Å². The summed E-state index contributed by atoms with van der Waals surface area (Å²) in [6.45, 7) is 4.80. The van der Waals surface area contributed by atoms with E-state index in [0.29, 0.717) is 30.4 Å². The van der Waals surface area contributed by atoms with Crippen molar-refractivity contribution in [2.24, 2.45) is 11.8 Å². The van der Waals surface area contributed by atoms with Gasteiger partial charge in [0.15, 0.2) is 0 Å². The lowest BCUT2D eigenvalue weighted by atomic mass is 10.0. The fraction of sp³-hybridized carbons (Fsp3) is 0.556. The number of carbonyl (C=O) groups excluding carboxylic acids is 2. The second-order valence-corrected chi connectivity index (χ2v) is 6.59. The van der Waals surface area contributed by atoms with Crippen LogP contribution in [0.5, 0.6) is 5.75 Å². The molecular weight excluding hydrogens is 292 g/mol. The van der Waals surface area contributed by atoms with E-state index in [1.54, 1.807) is 24.3 Å². The Morgan fingerprint density at radius 3 is 2.39 bits per heavy atom. The van der Waals surface area contributed by atoms with E-state index in [0.717, 1.165) is 18.6 Å². The van der Waals surface area contributed by atoms with Crippen molar-refractivity contribution in [1.29, 1.82) is 0 Å². The second-order valence-electron chi connectivity index (χ2n) is 6.59. The summed E-state index contributed by atoms with van der Waals surface area (Å²) >= 11 is 0. The minimum atomic E-state index is -0.319. The smallest absolute Gasteiger partial charge is 0.269 e. The van der Waals surface area contributed by atoms with Crippen molar-refractivity contribution in [3.63, 3.8) is 0 Å². The van der Waals surface area contributed by atoms with Crippen molar-refractivity contribution in [1.82, 2.24) is 10.9 Å². The molecule has 1 aliphatic carbocycles. The van der Waals surface area contributed by atoms with Crippen LogP contribution in [0.2, 0.25) is 0 Å². The lowest BCUT2D eigenvalue weighted by Gasteiger charge is -2.11. The SMILES string of the molecule is CC(C)COc1ccc(C(=O)NNC(=O)CC2CCCC2)cc1. The van der Waals surface area contributed by atoms with Crippen molar-refractivity contribution in [3.05, 3.63) is 29.8 Å². The Morgan fingerprint density at radius 1 is 1.13 bits per heavy atom. The second kappa shape index (κ2) is 8.56. The van der Waals surface area contributed by atoms with Crippen LogP contribution in [0.15, 0.2) is 24.3 Å². The Hall–Kier alpha value is -2.04. The van der Waals surface area contributed by atoms with Crippen LogP contribution >= 0.6 is 0 Å². The van der Waals surface area contributed by atoms with E-state index in [1.165, 1.54) is 12.8 Å². The molecule has 0 spiro atoms. The van der Waals surface area contributed by atoms with Crippen LogP contribution < -0.4 is 15.6 Å². The Morgan fingerprint density at radius 2 is 1.78 bits per heavy atom. The van der Waals surface area contributed by atoms with Crippen molar-refractivity contribution in [3.8, 4) is 5.75 Å². The molecule has 2 N–H and O–H groups in total. The minimum absolute atomic E-state index is 0.123. The van der Waals surface area contributed by atoms with Gasteiger partial charge in [0.25, 0.3) is 5.91 Å². The standard InChI is InChI=1S/C18H26N2O3/c1-13(2)12-23-16-9-7-15(8-10-16)18(22)20-19-17(21)11-14-5-3-4-6-14/h7-10,13-14H,3-6,11-12H2,1-2H3,(H,19,21)(H,20,22). The third-order valence-corrected chi connectivity index (χ3v) is 3.96. The maximum atomic E-state index is 12.0. The van der Waals surface area contributed by atoms with Crippen molar-refractivity contribution in [2.45, 2.75) is 46.0 Å². The van der Waals surface area contributed by atoms with E-state index in [9.17, 15) is 9.59 Å². The van der Waals surface area contributed by atoms with E-state index in [1.807, 2.05) is 0 Å². The normalized spacial score (nSPS) is 14.7. The summed E-state index contributed by atoms with van der Waals surface area (Å²) in [6.07, 6.45) is 5.12. The van der Waals surface area contributed by atoms with Crippen molar-refractivity contribution in [2.75, 3.05) is 6.61 Å². The number of hydrazine groups is 1. The summed E-state index contributed by atoms with van der Waals surface area (Å²) in [6, 6.07) is 6.90. The minimum Gasteiger partial charge on any atom is -0.493 e. The summed E-state index contributed by atoms with van der Waals surface area (Å²) < 4.78 is 5.57. The molecule has 1 aromatic carbocycles. The summed E-state index contributed by atoms with van der Waals surface area (Å²) in [4.78, 5) is 23.8. The van der Waals surface area contributed by atoms with E-state index < -0.39 is 0 Å². The number of nitrogens with one attached hydrogen (secondary N) is 2. The van der Waals surface area contributed by atoms with Crippen molar-refractivity contribution < 1.29 is 14.3 Å². The van der Waals surface area contributed by atoms with Gasteiger partial charge in [-0.05, 0) is 48.9 Å². The molecule has 0 aliphatic heterocycles. The third-order valence-electron chi connectivity index (χ3n) is 3.96. The molecule has 0 heterocycles. The fourth-order valence-corrected chi connectivity index (χ4v) is 2.69. The van der Waals surface area contributed by atoms with Crippen LogP contribution in [-0.2, 0) is 4.79 Å². The summed E-state index contributed by atoms with van der Waals surface area (Å²) in [5.74, 6) is 1.21. The van der Waals surface area contributed by atoms with Crippen LogP contribution in [0.25, 0.3) is 0 Å². The quantitative estimate of drug-likeness (QED) is 0.792. The fourth-order valence-electron chi connectivity index (χ4n) is 2.69. The highest BCUT2D eigenvalue weighted by molar-refractivity contribution is 5.95. The Bertz CT molecular complexity index is 520. The molecule has 0 atom stereocenters. The molecule has 23 heavy (non-hydrogen) atoms. The molecule has 1 aliphatic rings. The number of amides is 2. The zero-order valence-electron chi connectivity index (χ0n) is 13.9. The monoisotopic (exact) mass is 318 g/mol. The highest BCUT2D eigenvalue weighted by Crippen LogP contribution is 2.27. The molecule has 0 aromatic heterocycles. The molecule has 0 saturated heterocycles. The van der Waals surface area contributed by atoms with Crippen LogP contribution in [0.1, 0.15) is 56.3 Å². The van der Waals surface area contributed by atoms with Gasteiger partial charge in [-0.15, -0.1) is 0 Å². The van der Waals surface area contributed by atoms with Gasteiger partial charge in [-0.3, -0.25) is 20.4 Å². The third kappa shape index (κ3) is 5.93. The molecule has 0 bridgehead atoms. The highest BCUT2D eigenvalue weighted by Gasteiger charge is 2.18. The first-order valence-electron chi connectivity index (χ1n) is 8.36. The highest BCUT2D eigenvalue weighted by atomic mass is 16.5. The maximum absolute atomic E-state index is 12.0. The summed E-state index contributed by atoms with van der Waals surface area (Å²) in [5.41, 5.74) is 5.44. The van der Waals surface area contributed by atoms with Gasteiger partial charge in [0.1, 0.15) is 5.75 Å². The van der Waals surface area contributed by atoms with Crippen LogP contribution in [-0.4, -0.2) is 18.4 Å². The zero-order valence-corrected chi connectivity index (χ0v) is 13.9. The Balaban J connectivity index is 1.75. The molecule has 0 unspecified atom stereocenters. The first kappa shape index (κ1) is 17.3. The van der Waals surface area contributed by atoms with Gasteiger partial charge in [-0.25, -0.2) is 0 Å². The van der Waals surface area contributed by atoms with Crippen LogP contribution in [0, 0.1) is 11.8 Å². The van der Waals surface area contributed by atoms with E-state index >= 15 is 0 Å². The van der Waals surface area contributed by atoms with E-state index in [2.05, 4.69) is 24.7 Å². The molecule has 1 saturated carbocycles. The number of benzene rings is 1. The van der Waals surface area contributed by atoms with Gasteiger partial charge >= 0.3 is 0 Å². The first-order valence-corrected chi connectivity index (χ1v) is 8.36. The number of ether oxygens (including phenoxy) is 1. The molecule has 5 nitrogen and oxygen atoms in total. The van der Waals surface area contributed by atoms with Gasteiger partial charge in [0.2, 0.25) is 5.91 Å². The predicted molar refractivity (Wildman–Crippen MR) is 89.0 cm³/mol. The first-order chi connectivity index (χ1) is 11.0. The molecule has 1 aromatic rings. The molecule has 126 valence electrons. The largest absolute Gasteiger partial charge is 0.493 e. The Labute approximate surface area is 137 Å².